The van der Waals surface area contributed by atoms with Crippen LogP contribution in [0, 0.1) is 5.82 Å². The summed E-state index contributed by atoms with van der Waals surface area (Å²) in [6.07, 6.45) is 1.62. The number of hydrogen-bond acceptors (Lipinski definition) is 7. The molecule has 2 heterocycles. The largest absolute Gasteiger partial charge is 0.494 e. The minimum absolute atomic E-state index is 0.149. The van der Waals surface area contributed by atoms with E-state index in [1.54, 1.807) is 30.3 Å². The molecule has 0 aliphatic carbocycles. The van der Waals surface area contributed by atoms with Crippen molar-refractivity contribution < 1.29 is 18.7 Å². The zero-order valence-electron chi connectivity index (χ0n) is 15.5. The summed E-state index contributed by atoms with van der Waals surface area (Å²) in [6, 6.07) is 8.50. The number of carbonyl (C=O) groups excluding carboxylic acids is 1. The second-order valence-corrected chi connectivity index (χ2v) is 6.38. The SMILES string of the molecule is CCOC(=O)CN1Cc2cc3ncc(-c4ccc(OC)c(F)c4)nc3cc2N1. The molecular weight excluding hydrogens is 363 g/mol. The van der Waals surface area contributed by atoms with Crippen LogP contribution in [0.25, 0.3) is 22.3 Å². The molecule has 1 aromatic heterocycles. The van der Waals surface area contributed by atoms with Gasteiger partial charge in [0.15, 0.2) is 11.6 Å². The molecule has 0 bridgehead atoms. The zero-order valence-corrected chi connectivity index (χ0v) is 15.5. The predicted octanol–water partition coefficient (Wildman–Crippen LogP) is 3.15. The highest BCUT2D eigenvalue weighted by molar-refractivity contribution is 5.83. The molecule has 1 aliphatic heterocycles. The van der Waals surface area contributed by atoms with Crippen molar-refractivity contribution in [1.29, 1.82) is 0 Å². The number of nitrogens with one attached hydrogen (secondary N) is 1. The Morgan fingerprint density at radius 1 is 1.29 bits per heavy atom. The Kier molecular flexibility index (Phi) is 4.79. The van der Waals surface area contributed by atoms with E-state index in [9.17, 15) is 9.18 Å². The number of hydrogen-bond donors (Lipinski definition) is 1. The normalized spacial score (nSPS) is 13.2. The van der Waals surface area contributed by atoms with Crippen molar-refractivity contribution in [3.63, 3.8) is 0 Å². The molecule has 2 aromatic carbocycles. The number of hydrazine groups is 1. The van der Waals surface area contributed by atoms with Crippen molar-refractivity contribution in [2.24, 2.45) is 0 Å². The average molecular weight is 382 g/mol. The number of ether oxygens (including phenoxy) is 2. The number of nitrogens with zero attached hydrogens (tertiary/aromatic N) is 3. The molecule has 3 aromatic rings. The summed E-state index contributed by atoms with van der Waals surface area (Å²) in [4.78, 5) is 20.8. The van der Waals surface area contributed by atoms with Gasteiger partial charge >= 0.3 is 5.97 Å². The molecule has 8 heteroatoms. The fourth-order valence-corrected chi connectivity index (χ4v) is 3.18. The quantitative estimate of drug-likeness (QED) is 0.679. The number of esters is 1. The number of aromatic nitrogens is 2. The van der Waals surface area contributed by atoms with Gasteiger partial charge in [0.1, 0.15) is 6.54 Å². The lowest BCUT2D eigenvalue weighted by Crippen LogP contribution is -2.31. The summed E-state index contributed by atoms with van der Waals surface area (Å²) in [7, 11) is 1.42. The average Bonchev–Trinajstić information content (AvgIpc) is 3.06. The van der Waals surface area contributed by atoms with E-state index in [1.807, 2.05) is 12.1 Å². The standard InChI is InChI=1S/C20H19FN4O3/c1-3-28-20(26)11-25-10-13-7-16-17(8-15(13)24-25)23-18(9-22-16)12-4-5-19(27-2)14(21)6-12/h4-9,24H,3,10-11H2,1-2H3. The number of benzene rings is 2. The van der Waals surface area contributed by atoms with Crippen LogP contribution in [0.5, 0.6) is 5.75 Å². The van der Waals surface area contributed by atoms with Crippen LogP contribution in [0.15, 0.2) is 36.5 Å². The van der Waals surface area contributed by atoms with Gasteiger partial charge in [-0.1, -0.05) is 0 Å². The molecule has 0 radical (unpaired) electrons. The van der Waals surface area contributed by atoms with Crippen molar-refractivity contribution >= 4 is 22.7 Å². The van der Waals surface area contributed by atoms with Gasteiger partial charge in [0.2, 0.25) is 0 Å². The maximum Gasteiger partial charge on any atom is 0.322 e. The molecule has 4 rings (SSSR count). The molecule has 0 saturated carbocycles. The van der Waals surface area contributed by atoms with Gasteiger partial charge in [-0.05, 0) is 42.8 Å². The second kappa shape index (κ2) is 7.40. The van der Waals surface area contributed by atoms with E-state index in [0.29, 0.717) is 29.9 Å². The first-order chi connectivity index (χ1) is 13.6. The number of halogens is 1. The van der Waals surface area contributed by atoms with E-state index in [0.717, 1.165) is 16.8 Å². The molecule has 1 N–H and O–H groups in total. The third-order valence-corrected chi connectivity index (χ3v) is 4.48. The number of rotatable bonds is 5. The summed E-state index contributed by atoms with van der Waals surface area (Å²) < 4.78 is 23.9. The third-order valence-electron chi connectivity index (χ3n) is 4.48. The van der Waals surface area contributed by atoms with Crippen molar-refractivity contribution in [2.45, 2.75) is 13.5 Å². The Labute approximate surface area is 161 Å². The molecule has 7 nitrogen and oxygen atoms in total. The number of anilines is 1. The minimum Gasteiger partial charge on any atom is -0.494 e. The van der Waals surface area contributed by atoms with Gasteiger partial charge in [0, 0.05) is 12.1 Å². The number of methoxy groups -OCH3 is 1. The molecule has 0 spiro atoms. The molecular formula is C20H19FN4O3. The Balaban J connectivity index is 1.61. The van der Waals surface area contributed by atoms with Crippen LogP contribution >= 0.6 is 0 Å². The first-order valence-corrected chi connectivity index (χ1v) is 8.88. The summed E-state index contributed by atoms with van der Waals surface area (Å²) in [5, 5.41) is 1.78. The number of fused-ring (bicyclic) bond motifs is 2. The van der Waals surface area contributed by atoms with Gasteiger partial charge in [0.25, 0.3) is 0 Å². The van der Waals surface area contributed by atoms with Crippen LogP contribution in [0.2, 0.25) is 0 Å². The minimum atomic E-state index is -0.452. The van der Waals surface area contributed by atoms with E-state index in [4.69, 9.17) is 9.47 Å². The van der Waals surface area contributed by atoms with Crippen molar-refractivity contribution in [3.05, 3.63) is 47.9 Å². The van der Waals surface area contributed by atoms with Crippen molar-refractivity contribution in [2.75, 3.05) is 25.7 Å². The van der Waals surface area contributed by atoms with Crippen LogP contribution in [-0.2, 0) is 16.1 Å². The molecule has 0 atom stereocenters. The Morgan fingerprint density at radius 3 is 2.89 bits per heavy atom. The predicted molar refractivity (Wildman–Crippen MR) is 102 cm³/mol. The lowest BCUT2D eigenvalue weighted by Gasteiger charge is -2.14. The molecule has 0 saturated heterocycles. The number of carbonyl (C=O) groups is 1. The van der Waals surface area contributed by atoms with Crippen LogP contribution in [0.4, 0.5) is 10.1 Å². The van der Waals surface area contributed by atoms with Crippen LogP contribution in [-0.4, -0.2) is 41.2 Å². The maximum absolute atomic E-state index is 14.0. The second-order valence-electron chi connectivity index (χ2n) is 6.38. The summed E-state index contributed by atoms with van der Waals surface area (Å²) in [5.74, 6) is -0.555. The first kappa shape index (κ1) is 18.1. The fraction of sp³-hybridized carbons (Fsp3) is 0.250. The Bertz CT molecular complexity index is 1060. The van der Waals surface area contributed by atoms with Gasteiger partial charge in [0.05, 0.1) is 42.3 Å². The van der Waals surface area contributed by atoms with Gasteiger partial charge < -0.3 is 14.9 Å². The van der Waals surface area contributed by atoms with E-state index >= 15 is 0 Å². The van der Waals surface area contributed by atoms with Crippen LogP contribution in [0.3, 0.4) is 0 Å². The Hall–Kier alpha value is -3.26. The van der Waals surface area contributed by atoms with Gasteiger partial charge in [-0.25, -0.2) is 14.4 Å². The summed E-state index contributed by atoms with van der Waals surface area (Å²) in [6.45, 7) is 2.85. The lowest BCUT2D eigenvalue weighted by molar-refractivity contribution is -0.144. The monoisotopic (exact) mass is 382 g/mol. The van der Waals surface area contributed by atoms with Crippen LogP contribution < -0.4 is 10.2 Å². The van der Waals surface area contributed by atoms with Crippen LogP contribution in [0.1, 0.15) is 12.5 Å². The van der Waals surface area contributed by atoms with Crippen molar-refractivity contribution in [3.8, 4) is 17.0 Å². The van der Waals surface area contributed by atoms with E-state index in [2.05, 4.69) is 15.4 Å². The Morgan fingerprint density at radius 2 is 2.14 bits per heavy atom. The molecule has 0 amide bonds. The third kappa shape index (κ3) is 3.46. The maximum atomic E-state index is 14.0. The van der Waals surface area contributed by atoms with E-state index < -0.39 is 5.82 Å². The molecule has 144 valence electrons. The highest BCUT2D eigenvalue weighted by Crippen LogP contribution is 2.30. The summed E-state index contributed by atoms with van der Waals surface area (Å²) in [5.41, 5.74) is 7.67. The van der Waals surface area contributed by atoms with Gasteiger partial charge in [-0.3, -0.25) is 9.78 Å². The van der Waals surface area contributed by atoms with Crippen molar-refractivity contribution in [1.82, 2.24) is 15.0 Å². The highest BCUT2D eigenvalue weighted by Gasteiger charge is 2.22. The van der Waals surface area contributed by atoms with E-state index in [-0.39, 0.29) is 18.3 Å². The molecule has 0 unspecified atom stereocenters. The molecule has 1 aliphatic rings. The highest BCUT2D eigenvalue weighted by atomic mass is 19.1. The summed E-state index contributed by atoms with van der Waals surface area (Å²) >= 11 is 0. The lowest BCUT2D eigenvalue weighted by atomic mass is 10.1. The zero-order chi connectivity index (χ0) is 19.7. The van der Waals surface area contributed by atoms with E-state index in [1.165, 1.54) is 13.2 Å². The molecule has 28 heavy (non-hydrogen) atoms. The smallest absolute Gasteiger partial charge is 0.322 e. The van der Waals surface area contributed by atoms with Gasteiger partial charge in [-0.15, -0.1) is 0 Å². The fourth-order valence-electron chi connectivity index (χ4n) is 3.18. The first-order valence-electron chi connectivity index (χ1n) is 8.88. The molecule has 0 fully saturated rings. The topological polar surface area (TPSA) is 76.6 Å². The van der Waals surface area contributed by atoms with Gasteiger partial charge in [-0.2, -0.15) is 0 Å².